The summed E-state index contributed by atoms with van der Waals surface area (Å²) >= 11 is 0. The first-order chi connectivity index (χ1) is 10.9. The Balaban J connectivity index is 2.23. The molecule has 6 heteroatoms. The van der Waals surface area contributed by atoms with Crippen LogP contribution in [0, 0.1) is 0 Å². The number of carboxylic acids is 2. The third-order valence-corrected chi connectivity index (χ3v) is 3.09. The Labute approximate surface area is 130 Å². The van der Waals surface area contributed by atoms with Crippen LogP contribution < -0.4 is 0 Å². The fourth-order valence-electron chi connectivity index (χ4n) is 1.86. The van der Waals surface area contributed by atoms with Crippen LogP contribution in [0.3, 0.4) is 0 Å². The van der Waals surface area contributed by atoms with Crippen molar-refractivity contribution in [2.45, 2.75) is 0 Å². The van der Waals surface area contributed by atoms with Crippen LogP contribution in [0.15, 0.2) is 48.5 Å². The molecule has 2 aromatic rings. The maximum absolute atomic E-state index is 12.1. The standard InChI is InChI=1S/C17H12O6/c18-14(13-9-12(17(22)23)6-8-15(13)19)7-3-10-1-4-11(5-2-10)16(20)21/h1-9,19H,(H,20,21)(H,22,23)/b7-3+. The molecule has 2 aromatic carbocycles. The molecule has 3 N–H and O–H groups in total. The van der Waals surface area contributed by atoms with E-state index in [0.29, 0.717) is 5.56 Å². The largest absolute Gasteiger partial charge is 0.507 e. The summed E-state index contributed by atoms with van der Waals surface area (Å²) < 4.78 is 0. The van der Waals surface area contributed by atoms with Crippen LogP contribution in [-0.4, -0.2) is 33.0 Å². The van der Waals surface area contributed by atoms with Crippen molar-refractivity contribution in [2.75, 3.05) is 0 Å². The Morgan fingerprint density at radius 1 is 0.826 bits per heavy atom. The van der Waals surface area contributed by atoms with Crippen molar-refractivity contribution < 1.29 is 29.7 Å². The summed E-state index contributed by atoms with van der Waals surface area (Å²) in [6.07, 6.45) is 2.62. The topological polar surface area (TPSA) is 112 Å². The van der Waals surface area contributed by atoms with E-state index in [4.69, 9.17) is 10.2 Å². The van der Waals surface area contributed by atoms with Crippen molar-refractivity contribution >= 4 is 23.8 Å². The first kappa shape index (κ1) is 16.0. The molecule has 0 aliphatic heterocycles. The first-order valence-corrected chi connectivity index (χ1v) is 6.50. The van der Waals surface area contributed by atoms with Crippen LogP contribution in [0.2, 0.25) is 0 Å². The molecule has 23 heavy (non-hydrogen) atoms. The van der Waals surface area contributed by atoms with Gasteiger partial charge >= 0.3 is 11.9 Å². The van der Waals surface area contributed by atoms with E-state index in [9.17, 15) is 19.5 Å². The minimum atomic E-state index is -1.20. The third-order valence-electron chi connectivity index (χ3n) is 3.09. The number of aromatic hydroxyl groups is 1. The van der Waals surface area contributed by atoms with Gasteiger partial charge in [0.15, 0.2) is 5.78 Å². The van der Waals surface area contributed by atoms with Crippen LogP contribution in [0.4, 0.5) is 0 Å². The maximum atomic E-state index is 12.1. The Morgan fingerprint density at radius 3 is 1.96 bits per heavy atom. The molecule has 0 amide bonds. The van der Waals surface area contributed by atoms with Gasteiger partial charge in [-0.25, -0.2) is 9.59 Å². The van der Waals surface area contributed by atoms with E-state index in [1.54, 1.807) is 0 Å². The van der Waals surface area contributed by atoms with Gasteiger partial charge in [-0.1, -0.05) is 18.2 Å². The molecule has 0 aliphatic rings. The number of rotatable bonds is 5. The molecule has 0 aliphatic carbocycles. The van der Waals surface area contributed by atoms with E-state index < -0.39 is 17.7 Å². The summed E-state index contributed by atoms with van der Waals surface area (Å²) in [5.74, 6) is -3.13. The van der Waals surface area contributed by atoms with Crippen LogP contribution in [-0.2, 0) is 0 Å². The maximum Gasteiger partial charge on any atom is 0.335 e. The summed E-state index contributed by atoms with van der Waals surface area (Å²) in [4.78, 5) is 33.7. The molecule has 0 saturated heterocycles. The van der Waals surface area contributed by atoms with E-state index in [1.807, 2.05) is 0 Å². The van der Waals surface area contributed by atoms with Crippen molar-refractivity contribution in [1.29, 1.82) is 0 Å². The molecular weight excluding hydrogens is 300 g/mol. The number of hydrogen-bond acceptors (Lipinski definition) is 4. The van der Waals surface area contributed by atoms with Crippen LogP contribution in [0.25, 0.3) is 6.08 Å². The van der Waals surface area contributed by atoms with E-state index in [2.05, 4.69) is 0 Å². The van der Waals surface area contributed by atoms with Crippen molar-refractivity contribution in [3.8, 4) is 5.75 Å². The number of aromatic carboxylic acids is 2. The highest BCUT2D eigenvalue weighted by molar-refractivity contribution is 6.09. The van der Waals surface area contributed by atoms with E-state index >= 15 is 0 Å². The Morgan fingerprint density at radius 2 is 1.39 bits per heavy atom. The molecule has 0 spiro atoms. The van der Waals surface area contributed by atoms with Crippen molar-refractivity contribution in [3.05, 3.63) is 70.8 Å². The summed E-state index contributed by atoms with van der Waals surface area (Å²) in [7, 11) is 0. The third kappa shape index (κ3) is 3.82. The predicted octanol–water partition coefficient (Wildman–Crippen LogP) is 2.68. The number of allylic oxidation sites excluding steroid dienone is 1. The molecule has 0 bridgehead atoms. The molecule has 0 heterocycles. The summed E-state index contributed by atoms with van der Waals surface area (Å²) in [5, 5.41) is 27.4. The molecule has 0 aromatic heterocycles. The first-order valence-electron chi connectivity index (χ1n) is 6.50. The summed E-state index contributed by atoms with van der Waals surface area (Å²) in [6, 6.07) is 9.29. The zero-order valence-corrected chi connectivity index (χ0v) is 11.8. The Kier molecular flexibility index (Phi) is 4.56. The van der Waals surface area contributed by atoms with Gasteiger partial charge in [-0.2, -0.15) is 0 Å². The smallest absolute Gasteiger partial charge is 0.335 e. The molecule has 0 fully saturated rings. The second kappa shape index (κ2) is 6.57. The van der Waals surface area contributed by atoms with Gasteiger partial charge in [0.05, 0.1) is 16.7 Å². The monoisotopic (exact) mass is 312 g/mol. The van der Waals surface area contributed by atoms with Gasteiger partial charge in [0.2, 0.25) is 0 Å². The number of phenolic OH excluding ortho intramolecular Hbond substituents is 1. The fraction of sp³-hybridized carbons (Fsp3) is 0. The van der Waals surface area contributed by atoms with Crippen LogP contribution in [0.5, 0.6) is 5.75 Å². The van der Waals surface area contributed by atoms with Crippen molar-refractivity contribution in [3.63, 3.8) is 0 Å². The number of carbonyl (C=O) groups excluding carboxylic acids is 1. The highest BCUT2D eigenvalue weighted by Gasteiger charge is 2.12. The fourth-order valence-corrected chi connectivity index (χ4v) is 1.86. The molecule has 116 valence electrons. The molecule has 0 atom stereocenters. The molecule has 2 rings (SSSR count). The molecule has 0 saturated carbocycles. The molecular formula is C17H12O6. The van der Waals surface area contributed by atoms with Crippen molar-refractivity contribution in [1.82, 2.24) is 0 Å². The normalized spacial score (nSPS) is 10.6. The van der Waals surface area contributed by atoms with Gasteiger partial charge in [-0.15, -0.1) is 0 Å². The van der Waals surface area contributed by atoms with E-state index in [1.165, 1.54) is 42.5 Å². The van der Waals surface area contributed by atoms with Crippen molar-refractivity contribution in [2.24, 2.45) is 0 Å². The van der Waals surface area contributed by atoms with Gasteiger partial charge < -0.3 is 15.3 Å². The van der Waals surface area contributed by atoms with E-state index in [-0.39, 0.29) is 22.4 Å². The average molecular weight is 312 g/mol. The summed E-state index contributed by atoms with van der Waals surface area (Å²) in [5.41, 5.74) is 0.492. The average Bonchev–Trinajstić information content (AvgIpc) is 2.53. The van der Waals surface area contributed by atoms with Crippen LogP contribution in [0.1, 0.15) is 36.6 Å². The number of benzene rings is 2. The lowest BCUT2D eigenvalue weighted by atomic mass is 10.0. The lowest BCUT2D eigenvalue weighted by Crippen LogP contribution is -2.01. The van der Waals surface area contributed by atoms with Gasteiger partial charge in [0.1, 0.15) is 5.75 Å². The Hall–Kier alpha value is -3.41. The second-order valence-electron chi connectivity index (χ2n) is 4.66. The minimum absolute atomic E-state index is 0.106. The highest BCUT2D eigenvalue weighted by atomic mass is 16.4. The van der Waals surface area contributed by atoms with Crippen LogP contribution >= 0.6 is 0 Å². The lowest BCUT2D eigenvalue weighted by molar-refractivity contribution is 0.0686. The number of hydrogen-bond donors (Lipinski definition) is 3. The quantitative estimate of drug-likeness (QED) is 0.578. The predicted molar refractivity (Wildman–Crippen MR) is 81.8 cm³/mol. The Bertz CT molecular complexity index is 802. The van der Waals surface area contributed by atoms with Gasteiger partial charge in [-0.3, -0.25) is 4.79 Å². The highest BCUT2D eigenvalue weighted by Crippen LogP contribution is 2.20. The van der Waals surface area contributed by atoms with Gasteiger partial charge in [-0.05, 0) is 42.0 Å². The number of carbonyl (C=O) groups is 3. The number of carboxylic acid groups (broad SMARTS) is 2. The minimum Gasteiger partial charge on any atom is -0.507 e. The molecule has 0 unspecified atom stereocenters. The lowest BCUT2D eigenvalue weighted by Gasteiger charge is -2.02. The number of phenols is 1. The zero-order chi connectivity index (χ0) is 17.0. The summed E-state index contributed by atoms with van der Waals surface area (Å²) in [6.45, 7) is 0. The van der Waals surface area contributed by atoms with Gasteiger partial charge in [0.25, 0.3) is 0 Å². The zero-order valence-electron chi connectivity index (χ0n) is 11.8. The molecule has 0 radical (unpaired) electrons. The SMILES string of the molecule is O=C(O)c1ccc(/C=C/C(=O)c2cc(C(=O)O)ccc2O)cc1. The number of ketones is 1. The van der Waals surface area contributed by atoms with Gasteiger partial charge in [0, 0.05) is 0 Å². The molecule has 6 nitrogen and oxygen atoms in total. The second-order valence-corrected chi connectivity index (χ2v) is 4.66. The van der Waals surface area contributed by atoms with E-state index in [0.717, 1.165) is 12.1 Å².